The number of pyridine rings is 3. The molecule has 176 valence electrons. The van der Waals surface area contributed by atoms with Gasteiger partial charge in [0.2, 0.25) is 0 Å². The van der Waals surface area contributed by atoms with Crippen LogP contribution in [0.15, 0.2) is 48.9 Å². The lowest BCUT2D eigenvalue weighted by molar-refractivity contribution is -0.192. The maximum Gasteiger partial charge on any atom is 0.490 e. The van der Waals surface area contributed by atoms with E-state index < -0.39 is 12.1 Å². The maximum absolute atomic E-state index is 10.6. The molecular formula is C23H26F3N5O2. The minimum absolute atomic E-state index is 0.551. The number of aromatic nitrogens is 3. The number of aryl methyl sites for hydroxylation is 1. The van der Waals surface area contributed by atoms with Gasteiger partial charge in [-0.05, 0) is 55.7 Å². The standard InChI is InChI=1S/C21H25N5.C2HF3O2/c1-16-3-4-19-20(7-12-23-21(19)24-16)25(2)18-8-13-26(14-9-18)15-17-5-10-22-11-6-17;3-2(4,5)1(6)7/h3-7,10-12,18H,8-9,13-15H2,1-2H3;(H,6,7). The highest BCUT2D eigenvalue weighted by Gasteiger charge is 2.38. The number of rotatable bonds is 4. The van der Waals surface area contributed by atoms with Crippen molar-refractivity contribution in [3.8, 4) is 0 Å². The minimum atomic E-state index is -5.08. The van der Waals surface area contributed by atoms with Gasteiger partial charge < -0.3 is 10.0 Å². The van der Waals surface area contributed by atoms with E-state index in [1.807, 2.05) is 25.5 Å². The smallest absolute Gasteiger partial charge is 0.475 e. The van der Waals surface area contributed by atoms with E-state index in [0.29, 0.717) is 6.04 Å². The Hall–Kier alpha value is -3.27. The lowest BCUT2D eigenvalue weighted by Crippen LogP contribution is -2.43. The van der Waals surface area contributed by atoms with Crippen LogP contribution in [0.5, 0.6) is 0 Å². The molecule has 0 saturated carbocycles. The van der Waals surface area contributed by atoms with Crippen molar-refractivity contribution < 1.29 is 23.1 Å². The number of halogens is 3. The van der Waals surface area contributed by atoms with Crippen LogP contribution in [0.25, 0.3) is 11.0 Å². The first-order valence-electron chi connectivity index (χ1n) is 10.5. The van der Waals surface area contributed by atoms with Crippen LogP contribution < -0.4 is 4.90 Å². The number of carboxylic acid groups (broad SMARTS) is 1. The van der Waals surface area contributed by atoms with Crippen molar-refractivity contribution in [2.75, 3.05) is 25.0 Å². The summed E-state index contributed by atoms with van der Waals surface area (Å²) in [5, 5.41) is 8.26. The van der Waals surface area contributed by atoms with Gasteiger partial charge in [0.05, 0.1) is 0 Å². The normalized spacial score (nSPS) is 15.1. The zero-order valence-corrected chi connectivity index (χ0v) is 18.5. The summed E-state index contributed by atoms with van der Waals surface area (Å²) in [6.45, 7) is 5.27. The third-order valence-electron chi connectivity index (χ3n) is 5.60. The monoisotopic (exact) mass is 461 g/mol. The molecular weight excluding hydrogens is 435 g/mol. The number of carboxylic acids is 1. The van der Waals surface area contributed by atoms with E-state index in [0.717, 1.165) is 36.4 Å². The summed E-state index contributed by atoms with van der Waals surface area (Å²) >= 11 is 0. The van der Waals surface area contributed by atoms with Gasteiger partial charge >= 0.3 is 12.1 Å². The van der Waals surface area contributed by atoms with Crippen LogP contribution in [0.4, 0.5) is 18.9 Å². The highest BCUT2D eigenvalue weighted by atomic mass is 19.4. The van der Waals surface area contributed by atoms with Crippen molar-refractivity contribution in [1.82, 2.24) is 19.9 Å². The number of anilines is 1. The van der Waals surface area contributed by atoms with E-state index >= 15 is 0 Å². The third-order valence-corrected chi connectivity index (χ3v) is 5.60. The molecule has 10 heteroatoms. The summed E-state index contributed by atoms with van der Waals surface area (Å²) in [5.41, 5.74) is 4.42. The second-order valence-corrected chi connectivity index (χ2v) is 7.93. The summed E-state index contributed by atoms with van der Waals surface area (Å²) in [4.78, 5) is 27.0. The first kappa shape index (κ1) is 24.4. The molecule has 1 N–H and O–H groups in total. The van der Waals surface area contributed by atoms with E-state index in [4.69, 9.17) is 9.90 Å². The Morgan fingerprint density at radius 2 is 1.76 bits per heavy atom. The Bertz CT molecular complexity index is 1070. The van der Waals surface area contributed by atoms with Crippen molar-refractivity contribution >= 4 is 22.7 Å². The summed E-state index contributed by atoms with van der Waals surface area (Å²) in [6.07, 6.45) is 2.88. The summed E-state index contributed by atoms with van der Waals surface area (Å²) in [5.74, 6) is -2.76. The van der Waals surface area contributed by atoms with Gasteiger partial charge in [-0.15, -0.1) is 0 Å². The zero-order chi connectivity index (χ0) is 24.0. The first-order valence-corrected chi connectivity index (χ1v) is 10.5. The number of piperidine rings is 1. The van der Waals surface area contributed by atoms with Crippen molar-refractivity contribution in [3.05, 3.63) is 60.2 Å². The van der Waals surface area contributed by atoms with Gasteiger partial charge in [-0.3, -0.25) is 9.88 Å². The van der Waals surface area contributed by atoms with Crippen molar-refractivity contribution in [3.63, 3.8) is 0 Å². The molecule has 4 rings (SSSR count). The fourth-order valence-corrected chi connectivity index (χ4v) is 3.82. The fraction of sp³-hybridized carbons (Fsp3) is 0.391. The SMILES string of the molecule is Cc1ccc2c(N(C)C3CCN(Cc4ccncc4)CC3)ccnc2n1.O=C(O)C(F)(F)F. The van der Waals surface area contributed by atoms with E-state index in [1.165, 1.54) is 24.1 Å². The van der Waals surface area contributed by atoms with E-state index in [9.17, 15) is 13.2 Å². The summed E-state index contributed by atoms with van der Waals surface area (Å²) < 4.78 is 31.7. The average molecular weight is 461 g/mol. The molecule has 0 amide bonds. The molecule has 3 aromatic heterocycles. The maximum atomic E-state index is 10.6. The molecule has 3 aromatic rings. The van der Waals surface area contributed by atoms with Crippen molar-refractivity contribution in [2.24, 2.45) is 0 Å². The topological polar surface area (TPSA) is 82.5 Å². The molecule has 1 saturated heterocycles. The van der Waals surface area contributed by atoms with Crippen molar-refractivity contribution in [2.45, 2.75) is 38.5 Å². The van der Waals surface area contributed by atoms with Crippen LogP contribution in [0.3, 0.4) is 0 Å². The molecule has 0 radical (unpaired) electrons. The van der Waals surface area contributed by atoms with Gasteiger partial charge in [0.25, 0.3) is 0 Å². The molecule has 0 atom stereocenters. The first-order chi connectivity index (χ1) is 15.6. The zero-order valence-electron chi connectivity index (χ0n) is 18.5. The van der Waals surface area contributed by atoms with Gasteiger partial charge in [-0.2, -0.15) is 13.2 Å². The van der Waals surface area contributed by atoms with Gasteiger partial charge in [0.15, 0.2) is 5.65 Å². The number of hydrogen-bond acceptors (Lipinski definition) is 6. The summed E-state index contributed by atoms with van der Waals surface area (Å²) in [7, 11) is 2.21. The van der Waals surface area contributed by atoms with Gasteiger partial charge in [0.1, 0.15) is 0 Å². The second-order valence-electron chi connectivity index (χ2n) is 7.93. The Morgan fingerprint density at radius 1 is 1.12 bits per heavy atom. The number of alkyl halides is 3. The molecule has 1 aliphatic rings. The molecule has 0 spiro atoms. The molecule has 1 fully saturated rings. The van der Waals surface area contributed by atoms with Crippen LogP contribution in [-0.2, 0) is 11.3 Å². The summed E-state index contributed by atoms with van der Waals surface area (Å²) in [6, 6.07) is 11.1. The molecule has 0 aliphatic carbocycles. The Labute approximate surface area is 189 Å². The highest BCUT2D eigenvalue weighted by molar-refractivity contribution is 5.89. The quantitative estimate of drug-likeness (QED) is 0.627. The lowest BCUT2D eigenvalue weighted by Gasteiger charge is -2.38. The van der Waals surface area contributed by atoms with Gasteiger partial charge in [0, 0.05) is 68.1 Å². The Kier molecular flexibility index (Phi) is 7.80. The van der Waals surface area contributed by atoms with Gasteiger partial charge in [-0.1, -0.05) is 0 Å². The minimum Gasteiger partial charge on any atom is -0.475 e. The van der Waals surface area contributed by atoms with E-state index in [1.54, 1.807) is 0 Å². The number of aliphatic carboxylic acids is 1. The number of nitrogens with zero attached hydrogens (tertiary/aromatic N) is 5. The Morgan fingerprint density at radius 3 is 2.36 bits per heavy atom. The third kappa shape index (κ3) is 6.61. The van der Waals surface area contributed by atoms with Crippen LogP contribution >= 0.6 is 0 Å². The fourth-order valence-electron chi connectivity index (χ4n) is 3.82. The van der Waals surface area contributed by atoms with E-state index in [-0.39, 0.29) is 0 Å². The largest absolute Gasteiger partial charge is 0.490 e. The second kappa shape index (κ2) is 10.6. The molecule has 1 aliphatic heterocycles. The predicted molar refractivity (Wildman–Crippen MR) is 119 cm³/mol. The van der Waals surface area contributed by atoms with Crippen LogP contribution in [0.1, 0.15) is 24.1 Å². The molecule has 0 unspecified atom stereocenters. The van der Waals surface area contributed by atoms with Crippen LogP contribution in [-0.4, -0.2) is 63.3 Å². The van der Waals surface area contributed by atoms with Crippen LogP contribution in [0.2, 0.25) is 0 Å². The van der Waals surface area contributed by atoms with Gasteiger partial charge in [-0.25, -0.2) is 14.8 Å². The van der Waals surface area contributed by atoms with Crippen LogP contribution in [0, 0.1) is 6.92 Å². The molecule has 4 heterocycles. The average Bonchev–Trinajstić information content (AvgIpc) is 2.79. The Balaban J connectivity index is 0.000000383. The number of fused-ring (bicyclic) bond motifs is 1. The molecule has 7 nitrogen and oxygen atoms in total. The van der Waals surface area contributed by atoms with E-state index in [2.05, 4.69) is 62.1 Å². The lowest BCUT2D eigenvalue weighted by atomic mass is 10.0. The molecule has 0 bridgehead atoms. The highest BCUT2D eigenvalue weighted by Crippen LogP contribution is 2.28. The molecule has 33 heavy (non-hydrogen) atoms. The number of likely N-dealkylation sites (tertiary alicyclic amines) is 1. The number of hydrogen-bond donors (Lipinski definition) is 1. The predicted octanol–water partition coefficient (Wildman–Crippen LogP) is 4.07. The number of carbonyl (C=O) groups is 1. The molecule has 0 aromatic carbocycles. The van der Waals surface area contributed by atoms with Crippen molar-refractivity contribution in [1.29, 1.82) is 0 Å².